The Morgan fingerprint density at radius 3 is 1.68 bits per heavy atom. The minimum atomic E-state index is -0.691. The molecule has 0 unspecified atom stereocenters. The van der Waals surface area contributed by atoms with Gasteiger partial charge >= 0.3 is 0 Å². The van der Waals surface area contributed by atoms with Crippen molar-refractivity contribution in [1.82, 2.24) is 9.78 Å². The minimum Gasteiger partial charge on any atom is -0.371 e. The zero-order valence-electron chi connectivity index (χ0n) is 20.5. The highest BCUT2D eigenvalue weighted by Crippen LogP contribution is 2.44. The molecular formula is C33H26ClN3. The van der Waals surface area contributed by atoms with Crippen molar-refractivity contribution in [2.75, 3.05) is 12.4 Å². The largest absolute Gasteiger partial charge is 0.371 e. The average molecular weight is 500 g/mol. The van der Waals surface area contributed by atoms with Crippen molar-refractivity contribution in [2.24, 2.45) is 0 Å². The van der Waals surface area contributed by atoms with E-state index < -0.39 is 5.54 Å². The fourth-order valence-corrected chi connectivity index (χ4v) is 5.57. The normalized spacial score (nSPS) is 11.5. The van der Waals surface area contributed by atoms with E-state index in [0.717, 1.165) is 49.6 Å². The zero-order chi connectivity index (χ0) is 25.2. The summed E-state index contributed by atoms with van der Waals surface area (Å²) in [4.78, 5) is 0. The molecular weight excluding hydrogens is 474 g/mol. The Morgan fingerprint density at radius 1 is 0.649 bits per heavy atom. The standard InChI is InChI=1S/C33H26ClN3/c1-35-32-29-23-24(28-19-11-12-20-30(28)34)21-22-31(29)37(36-32)33(25-13-5-2-6-14-25,26-15-7-3-8-16-26)27-17-9-4-10-18-27/h2-23H,1H3,(H,35,36). The second kappa shape index (κ2) is 9.61. The summed E-state index contributed by atoms with van der Waals surface area (Å²) in [6, 6.07) is 46.3. The van der Waals surface area contributed by atoms with Gasteiger partial charge in [0.25, 0.3) is 0 Å². The van der Waals surface area contributed by atoms with Gasteiger partial charge in [-0.2, -0.15) is 5.10 Å². The van der Waals surface area contributed by atoms with E-state index in [4.69, 9.17) is 16.7 Å². The lowest BCUT2D eigenvalue weighted by atomic mass is 9.77. The summed E-state index contributed by atoms with van der Waals surface area (Å²) in [6.07, 6.45) is 0. The van der Waals surface area contributed by atoms with Crippen molar-refractivity contribution in [2.45, 2.75) is 5.54 Å². The van der Waals surface area contributed by atoms with Crippen LogP contribution in [-0.4, -0.2) is 16.8 Å². The molecule has 0 bridgehead atoms. The predicted octanol–water partition coefficient (Wildman–Crippen LogP) is 8.24. The van der Waals surface area contributed by atoms with Crippen molar-refractivity contribution in [1.29, 1.82) is 0 Å². The van der Waals surface area contributed by atoms with E-state index in [2.05, 4.69) is 125 Å². The van der Waals surface area contributed by atoms with Crippen LogP contribution < -0.4 is 5.32 Å². The predicted molar refractivity (Wildman–Crippen MR) is 154 cm³/mol. The summed E-state index contributed by atoms with van der Waals surface area (Å²) < 4.78 is 2.17. The third kappa shape index (κ3) is 3.80. The molecule has 0 aliphatic heterocycles. The molecule has 0 aliphatic rings. The molecule has 4 heteroatoms. The van der Waals surface area contributed by atoms with E-state index in [0.29, 0.717) is 0 Å². The Bertz CT molecular complexity index is 1560. The monoisotopic (exact) mass is 499 g/mol. The molecule has 0 spiro atoms. The highest BCUT2D eigenvalue weighted by molar-refractivity contribution is 6.33. The smallest absolute Gasteiger partial charge is 0.155 e. The Kier molecular flexibility index (Phi) is 5.99. The van der Waals surface area contributed by atoms with Crippen LogP contribution >= 0.6 is 11.6 Å². The number of aromatic nitrogens is 2. The minimum absolute atomic E-state index is 0.691. The van der Waals surface area contributed by atoms with Gasteiger partial charge in [-0.25, -0.2) is 4.68 Å². The Balaban J connectivity index is 1.72. The number of hydrogen-bond donors (Lipinski definition) is 1. The van der Waals surface area contributed by atoms with E-state index in [1.165, 1.54) is 0 Å². The van der Waals surface area contributed by atoms with Gasteiger partial charge in [-0.15, -0.1) is 0 Å². The van der Waals surface area contributed by atoms with E-state index in [1.54, 1.807) is 0 Å². The fourth-order valence-electron chi connectivity index (χ4n) is 5.33. The van der Waals surface area contributed by atoms with Gasteiger partial charge in [-0.05, 0) is 40.5 Å². The van der Waals surface area contributed by atoms with Crippen LogP contribution in [0, 0.1) is 0 Å². The molecule has 1 aromatic heterocycles. The van der Waals surface area contributed by atoms with Gasteiger partial charge in [-0.1, -0.05) is 127 Å². The van der Waals surface area contributed by atoms with E-state index >= 15 is 0 Å². The number of anilines is 1. The third-order valence-electron chi connectivity index (χ3n) is 6.99. The fraction of sp³-hybridized carbons (Fsp3) is 0.0606. The van der Waals surface area contributed by atoms with Crippen molar-refractivity contribution >= 4 is 28.3 Å². The average Bonchev–Trinajstić information content (AvgIpc) is 3.34. The van der Waals surface area contributed by atoms with Gasteiger partial charge in [0.2, 0.25) is 0 Å². The van der Waals surface area contributed by atoms with Crippen LogP contribution in [0.1, 0.15) is 16.7 Å². The van der Waals surface area contributed by atoms with Gasteiger partial charge in [0.1, 0.15) is 5.54 Å². The molecule has 5 aromatic carbocycles. The number of nitrogens with one attached hydrogen (secondary N) is 1. The van der Waals surface area contributed by atoms with Gasteiger partial charge in [0, 0.05) is 23.0 Å². The summed E-state index contributed by atoms with van der Waals surface area (Å²) in [5.74, 6) is 0.816. The first-order valence-electron chi connectivity index (χ1n) is 12.4. The second-order valence-corrected chi connectivity index (χ2v) is 9.44. The maximum Gasteiger partial charge on any atom is 0.155 e. The lowest BCUT2D eigenvalue weighted by Crippen LogP contribution is -2.38. The molecule has 6 aromatic rings. The highest BCUT2D eigenvalue weighted by Gasteiger charge is 2.40. The van der Waals surface area contributed by atoms with Crippen LogP contribution in [0.5, 0.6) is 0 Å². The maximum absolute atomic E-state index is 6.57. The third-order valence-corrected chi connectivity index (χ3v) is 7.32. The molecule has 0 radical (unpaired) electrons. The van der Waals surface area contributed by atoms with Crippen LogP contribution in [0.2, 0.25) is 5.02 Å². The van der Waals surface area contributed by atoms with Crippen LogP contribution in [0.15, 0.2) is 133 Å². The molecule has 0 saturated carbocycles. The first-order chi connectivity index (χ1) is 18.2. The Hall–Kier alpha value is -4.34. The molecule has 0 saturated heterocycles. The molecule has 0 amide bonds. The summed E-state index contributed by atoms with van der Waals surface area (Å²) in [5, 5.41) is 10.3. The van der Waals surface area contributed by atoms with Gasteiger partial charge in [-0.3, -0.25) is 0 Å². The number of nitrogens with zero attached hydrogens (tertiary/aromatic N) is 2. The molecule has 0 fully saturated rings. The quantitative estimate of drug-likeness (QED) is 0.234. The first-order valence-corrected chi connectivity index (χ1v) is 12.7. The summed E-state index contributed by atoms with van der Waals surface area (Å²) in [7, 11) is 1.92. The summed E-state index contributed by atoms with van der Waals surface area (Å²) in [6.45, 7) is 0. The van der Waals surface area contributed by atoms with Gasteiger partial charge < -0.3 is 5.32 Å². The first kappa shape index (κ1) is 23.1. The van der Waals surface area contributed by atoms with Gasteiger partial charge in [0.05, 0.1) is 5.52 Å². The molecule has 37 heavy (non-hydrogen) atoms. The molecule has 180 valence electrons. The van der Waals surface area contributed by atoms with Crippen molar-refractivity contribution in [3.8, 4) is 11.1 Å². The maximum atomic E-state index is 6.57. The van der Waals surface area contributed by atoms with E-state index in [9.17, 15) is 0 Å². The van der Waals surface area contributed by atoms with E-state index in [1.807, 2.05) is 25.2 Å². The second-order valence-electron chi connectivity index (χ2n) is 9.03. The van der Waals surface area contributed by atoms with Crippen LogP contribution in [0.25, 0.3) is 22.0 Å². The van der Waals surface area contributed by atoms with E-state index in [-0.39, 0.29) is 0 Å². The van der Waals surface area contributed by atoms with Crippen LogP contribution in [0.3, 0.4) is 0 Å². The Morgan fingerprint density at radius 2 is 1.16 bits per heavy atom. The lowest BCUT2D eigenvalue weighted by Gasteiger charge is -2.37. The zero-order valence-corrected chi connectivity index (χ0v) is 21.2. The SMILES string of the molecule is CNc1nn(C(c2ccccc2)(c2ccccc2)c2ccccc2)c2ccc(-c3ccccc3Cl)cc12. The molecule has 0 atom stereocenters. The number of fused-ring (bicyclic) bond motifs is 1. The number of hydrogen-bond acceptors (Lipinski definition) is 2. The van der Waals surface area contributed by atoms with Crippen LogP contribution in [-0.2, 0) is 5.54 Å². The Labute approximate surface area is 222 Å². The van der Waals surface area contributed by atoms with Crippen molar-refractivity contribution in [3.05, 3.63) is 155 Å². The molecule has 1 heterocycles. The highest BCUT2D eigenvalue weighted by atomic mass is 35.5. The van der Waals surface area contributed by atoms with Crippen molar-refractivity contribution in [3.63, 3.8) is 0 Å². The summed E-state index contributed by atoms with van der Waals surface area (Å²) in [5.41, 5.74) is 5.79. The van der Waals surface area contributed by atoms with Crippen molar-refractivity contribution < 1.29 is 0 Å². The van der Waals surface area contributed by atoms with Gasteiger partial charge in [0.15, 0.2) is 5.82 Å². The number of benzene rings is 5. The molecule has 3 nitrogen and oxygen atoms in total. The number of halogens is 1. The summed E-state index contributed by atoms with van der Waals surface area (Å²) >= 11 is 6.57. The molecule has 0 aliphatic carbocycles. The number of rotatable bonds is 6. The topological polar surface area (TPSA) is 29.9 Å². The lowest BCUT2D eigenvalue weighted by molar-refractivity contribution is 0.477. The molecule has 1 N–H and O–H groups in total. The molecule has 6 rings (SSSR count). The van der Waals surface area contributed by atoms with Crippen LogP contribution in [0.4, 0.5) is 5.82 Å².